The highest BCUT2D eigenvalue weighted by Gasteiger charge is 2.34. The van der Waals surface area contributed by atoms with Crippen LogP contribution in [0.25, 0.3) is 0 Å². The Morgan fingerprint density at radius 1 is 1.18 bits per heavy atom. The summed E-state index contributed by atoms with van der Waals surface area (Å²) in [7, 11) is 0. The summed E-state index contributed by atoms with van der Waals surface area (Å²) >= 11 is 0. The normalized spacial score (nSPS) is 11.1. The van der Waals surface area contributed by atoms with E-state index in [4.69, 9.17) is 4.74 Å². The van der Waals surface area contributed by atoms with Crippen LogP contribution in [0.4, 0.5) is 0 Å². The molecule has 0 spiro atoms. The number of ether oxygens (including phenoxy) is 1. The fraction of sp³-hybridized carbons (Fsp3) is 0.429. The van der Waals surface area contributed by atoms with Gasteiger partial charge in [-0.1, -0.05) is 29.8 Å². The van der Waals surface area contributed by atoms with Gasteiger partial charge in [0.05, 0.1) is 0 Å². The lowest BCUT2D eigenvalue weighted by atomic mass is 9.89. The molecule has 1 aromatic rings. The molecule has 0 saturated heterocycles. The first-order valence-corrected chi connectivity index (χ1v) is 5.58. The zero-order chi connectivity index (χ0) is 13.1. The van der Waals surface area contributed by atoms with Crippen LogP contribution in [0.5, 0.6) is 0 Å². The van der Waals surface area contributed by atoms with Gasteiger partial charge in [0.15, 0.2) is 0 Å². The maximum Gasteiger partial charge on any atom is 0.319 e. The van der Waals surface area contributed by atoms with Crippen molar-refractivity contribution in [2.24, 2.45) is 5.41 Å². The number of Topliss-reactive ketones (excluding diaryl/α,β-unsaturated/α-hetero) is 1. The van der Waals surface area contributed by atoms with Crippen LogP contribution < -0.4 is 0 Å². The Hall–Kier alpha value is -1.64. The Kier molecular flexibility index (Phi) is 4.05. The summed E-state index contributed by atoms with van der Waals surface area (Å²) in [6.45, 7) is 6.75. The molecular formula is C14H18O3. The largest absolute Gasteiger partial charge is 0.460 e. The maximum absolute atomic E-state index is 11.7. The van der Waals surface area contributed by atoms with Crippen molar-refractivity contribution in [3.63, 3.8) is 0 Å². The summed E-state index contributed by atoms with van der Waals surface area (Å²) in [5, 5.41) is 0. The molecular weight excluding hydrogens is 216 g/mol. The standard InChI is InChI=1S/C14H18O3/c1-10-5-7-12(8-6-10)9-17-13(16)14(3,4)11(2)15/h5-8H,9H2,1-4H3. The molecule has 0 atom stereocenters. The number of aryl methyl sites for hydroxylation is 1. The Balaban J connectivity index is 2.60. The predicted octanol–water partition coefficient (Wildman–Crippen LogP) is 2.65. The first-order valence-electron chi connectivity index (χ1n) is 5.58. The minimum Gasteiger partial charge on any atom is -0.460 e. The number of ketones is 1. The van der Waals surface area contributed by atoms with Crippen LogP contribution in [-0.2, 0) is 20.9 Å². The molecule has 0 aliphatic rings. The maximum atomic E-state index is 11.7. The van der Waals surface area contributed by atoms with E-state index in [1.807, 2.05) is 31.2 Å². The molecule has 3 heteroatoms. The van der Waals surface area contributed by atoms with Crippen molar-refractivity contribution in [2.45, 2.75) is 34.3 Å². The van der Waals surface area contributed by atoms with Gasteiger partial charge in [-0.05, 0) is 33.3 Å². The molecule has 0 fully saturated rings. The molecule has 0 amide bonds. The molecule has 0 saturated carbocycles. The zero-order valence-corrected chi connectivity index (χ0v) is 10.7. The van der Waals surface area contributed by atoms with E-state index < -0.39 is 11.4 Å². The summed E-state index contributed by atoms with van der Waals surface area (Å²) in [4.78, 5) is 23.0. The SMILES string of the molecule is CC(=O)C(C)(C)C(=O)OCc1ccc(C)cc1. The Labute approximate surface area is 102 Å². The van der Waals surface area contributed by atoms with Gasteiger partial charge >= 0.3 is 5.97 Å². The van der Waals surface area contributed by atoms with Crippen LogP contribution in [0.15, 0.2) is 24.3 Å². The van der Waals surface area contributed by atoms with E-state index in [1.54, 1.807) is 13.8 Å². The number of hydrogen-bond acceptors (Lipinski definition) is 3. The topological polar surface area (TPSA) is 43.4 Å². The molecule has 0 aliphatic heterocycles. The summed E-state index contributed by atoms with van der Waals surface area (Å²) < 4.78 is 5.13. The molecule has 0 bridgehead atoms. The summed E-state index contributed by atoms with van der Waals surface area (Å²) in [5.74, 6) is -0.669. The number of carbonyl (C=O) groups excluding carboxylic acids is 2. The Bertz CT molecular complexity index is 416. The van der Waals surface area contributed by atoms with Crippen LogP contribution in [0.1, 0.15) is 31.9 Å². The fourth-order valence-corrected chi connectivity index (χ4v) is 1.16. The van der Waals surface area contributed by atoms with Gasteiger partial charge < -0.3 is 4.74 Å². The molecule has 0 N–H and O–H groups in total. The van der Waals surface area contributed by atoms with Gasteiger partial charge in [-0.3, -0.25) is 9.59 Å². The molecule has 0 unspecified atom stereocenters. The number of benzene rings is 1. The van der Waals surface area contributed by atoms with Gasteiger partial charge in [-0.25, -0.2) is 0 Å². The molecule has 17 heavy (non-hydrogen) atoms. The molecule has 0 heterocycles. The van der Waals surface area contributed by atoms with E-state index in [2.05, 4.69) is 0 Å². The second kappa shape index (κ2) is 5.13. The first-order chi connectivity index (χ1) is 7.84. The minimum atomic E-state index is -1.06. The molecule has 0 radical (unpaired) electrons. The highest BCUT2D eigenvalue weighted by atomic mass is 16.5. The summed E-state index contributed by atoms with van der Waals surface area (Å²) in [6, 6.07) is 7.73. The van der Waals surface area contributed by atoms with Crippen molar-refractivity contribution in [3.8, 4) is 0 Å². The predicted molar refractivity (Wildman–Crippen MR) is 65.4 cm³/mol. The van der Waals surface area contributed by atoms with Gasteiger partial charge in [0.25, 0.3) is 0 Å². The molecule has 0 aliphatic carbocycles. The summed E-state index contributed by atoms with van der Waals surface area (Å²) in [5.41, 5.74) is 1.01. The monoisotopic (exact) mass is 234 g/mol. The van der Waals surface area contributed by atoms with Crippen LogP contribution in [-0.4, -0.2) is 11.8 Å². The number of rotatable bonds is 4. The third-order valence-corrected chi connectivity index (χ3v) is 2.88. The van der Waals surface area contributed by atoms with Crippen LogP contribution in [0.3, 0.4) is 0 Å². The van der Waals surface area contributed by atoms with E-state index in [9.17, 15) is 9.59 Å². The molecule has 0 aromatic heterocycles. The van der Waals surface area contributed by atoms with Crippen molar-refractivity contribution in [2.75, 3.05) is 0 Å². The van der Waals surface area contributed by atoms with E-state index in [-0.39, 0.29) is 12.4 Å². The van der Waals surface area contributed by atoms with Gasteiger partial charge in [-0.2, -0.15) is 0 Å². The second-order valence-electron chi connectivity index (χ2n) is 4.74. The number of esters is 1. The lowest BCUT2D eigenvalue weighted by Crippen LogP contribution is -2.33. The minimum absolute atomic E-state index is 0.189. The third-order valence-electron chi connectivity index (χ3n) is 2.88. The molecule has 1 rings (SSSR count). The first kappa shape index (κ1) is 13.4. The Morgan fingerprint density at radius 3 is 2.18 bits per heavy atom. The Morgan fingerprint density at radius 2 is 1.71 bits per heavy atom. The summed E-state index contributed by atoms with van der Waals surface area (Å²) in [6.07, 6.45) is 0. The van der Waals surface area contributed by atoms with Crippen molar-refractivity contribution in [1.82, 2.24) is 0 Å². The van der Waals surface area contributed by atoms with E-state index in [0.717, 1.165) is 11.1 Å². The van der Waals surface area contributed by atoms with Crippen molar-refractivity contribution in [1.29, 1.82) is 0 Å². The van der Waals surface area contributed by atoms with E-state index in [1.165, 1.54) is 6.92 Å². The van der Waals surface area contributed by atoms with Crippen molar-refractivity contribution < 1.29 is 14.3 Å². The smallest absolute Gasteiger partial charge is 0.319 e. The molecule has 1 aromatic carbocycles. The van der Waals surface area contributed by atoms with Crippen LogP contribution in [0.2, 0.25) is 0 Å². The van der Waals surface area contributed by atoms with Crippen molar-refractivity contribution in [3.05, 3.63) is 35.4 Å². The van der Waals surface area contributed by atoms with E-state index in [0.29, 0.717) is 0 Å². The number of carbonyl (C=O) groups is 2. The zero-order valence-electron chi connectivity index (χ0n) is 10.7. The number of hydrogen-bond donors (Lipinski definition) is 0. The lowest BCUT2D eigenvalue weighted by Gasteiger charge is -2.19. The fourth-order valence-electron chi connectivity index (χ4n) is 1.16. The van der Waals surface area contributed by atoms with Gasteiger partial charge in [0.2, 0.25) is 0 Å². The third kappa shape index (κ3) is 3.41. The second-order valence-corrected chi connectivity index (χ2v) is 4.74. The van der Waals surface area contributed by atoms with Crippen LogP contribution in [0, 0.1) is 12.3 Å². The highest BCUT2D eigenvalue weighted by molar-refractivity contribution is 6.01. The quantitative estimate of drug-likeness (QED) is 0.594. The average Bonchev–Trinajstić information content (AvgIpc) is 2.27. The van der Waals surface area contributed by atoms with Gasteiger partial charge in [0.1, 0.15) is 17.8 Å². The average molecular weight is 234 g/mol. The van der Waals surface area contributed by atoms with Crippen LogP contribution >= 0.6 is 0 Å². The lowest BCUT2D eigenvalue weighted by molar-refractivity contribution is -0.158. The van der Waals surface area contributed by atoms with Crippen molar-refractivity contribution >= 4 is 11.8 Å². The highest BCUT2D eigenvalue weighted by Crippen LogP contribution is 2.19. The molecule has 92 valence electrons. The molecule has 3 nitrogen and oxygen atoms in total. The van der Waals surface area contributed by atoms with Gasteiger partial charge in [0, 0.05) is 0 Å². The van der Waals surface area contributed by atoms with Gasteiger partial charge in [-0.15, -0.1) is 0 Å². The van der Waals surface area contributed by atoms with E-state index >= 15 is 0 Å².